The lowest BCUT2D eigenvalue weighted by molar-refractivity contribution is -0.137. The number of carboxylic acids is 1. The van der Waals surface area contributed by atoms with Crippen LogP contribution in [0.1, 0.15) is 0 Å². The maximum atomic E-state index is 11.9. The summed E-state index contributed by atoms with van der Waals surface area (Å²) in [6.45, 7) is -0.656. The molecular formula is C10H7BrN2O4. The fourth-order valence-electron chi connectivity index (χ4n) is 1.52. The lowest BCUT2D eigenvalue weighted by atomic mass is 10.2. The Balaban J connectivity index is 2.86. The highest BCUT2D eigenvalue weighted by molar-refractivity contribution is 9.10. The van der Waals surface area contributed by atoms with Crippen LogP contribution in [-0.2, 0) is 11.3 Å². The quantitative estimate of drug-likeness (QED) is 0.846. The largest absolute Gasteiger partial charge is 0.480 e. The molecule has 0 bridgehead atoms. The molecular weight excluding hydrogens is 292 g/mol. The zero-order valence-electron chi connectivity index (χ0n) is 8.44. The van der Waals surface area contributed by atoms with E-state index in [1.165, 1.54) is 6.07 Å². The molecule has 88 valence electrons. The first-order valence-electron chi connectivity index (χ1n) is 4.64. The molecule has 0 aliphatic rings. The van der Waals surface area contributed by atoms with Crippen LogP contribution in [0.5, 0.6) is 0 Å². The molecule has 0 aliphatic heterocycles. The lowest BCUT2D eigenvalue weighted by Crippen LogP contribution is -2.37. The van der Waals surface area contributed by atoms with Crippen molar-refractivity contribution >= 4 is 32.8 Å². The Morgan fingerprint density at radius 3 is 2.76 bits per heavy atom. The number of fused-ring (bicyclic) bond motifs is 1. The predicted octanol–water partition coefficient (Wildman–Crippen LogP) is 0.537. The molecule has 0 spiro atoms. The molecule has 0 aliphatic carbocycles. The molecule has 0 saturated carbocycles. The lowest BCUT2D eigenvalue weighted by Gasteiger charge is -2.04. The highest BCUT2D eigenvalue weighted by Crippen LogP contribution is 2.17. The number of benzene rings is 1. The SMILES string of the molecule is O=C(O)Cn1c(=O)[nH]c2c(Br)cccc2c1=O. The topological polar surface area (TPSA) is 92.2 Å². The number of rotatable bonds is 2. The van der Waals surface area contributed by atoms with Crippen molar-refractivity contribution in [2.24, 2.45) is 0 Å². The number of hydrogen-bond acceptors (Lipinski definition) is 3. The molecule has 2 aromatic rings. The summed E-state index contributed by atoms with van der Waals surface area (Å²) in [6, 6.07) is 4.84. The average Bonchev–Trinajstić information content (AvgIpc) is 2.26. The van der Waals surface area contributed by atoms with Crippen LogP contribution in [-0.4, -0.2) is 20.6 Å². The Morgan fingerprint density at radius 1 is 1.41 bits per heavy atom. The smallest absolute Gasteiger partial charge is 0.329 e. The van der Waals surface area contributed by atoms with Gasteiger partial charge in [0.2, 0.25) is 0 Å². The van der Waals surface area contributed by atoms with Crippen LogP contribution in [0.3, 0.4) is 0 Å². The molecule has 2 N–H and O–H groups in total. The second kappa shape index (κ2) is 4.17. The van der Waals surface area contributed by atoms with Gasteiger partial charge < -0.3 is 10.1 Å². The number of nitrogens with one attached hydrogen (secondary N) is 1. The standard InChI is InChI=1S/C10H7BrN2O4/c11-6-3-1-2-5-8(6)12-10(17)13(9(5)16)4-7(14)15/h1-3H,4H2,(H,12,17)(H,14,15). The third kappa shape index (κ3) is 2.01. The van der Waals surface area contributed by atoms with Crippen molar-refractivity contribution < 1.29 is 9.90 Å². The summed E-state index contributed by atoms with van der Waals surface area (Å²) in [7, 11) is 0. The van der Waals surface area contributed by atoms with Gasteiger partial charge in [-0.3, -0.25) is 9.59 Å². The first kappa shape index (κ1) is 11.6. The van der Waals surface area contributed by atoms with Gasteiger partial charge in [-0.25, -0.2) is 9.36 Å². The van der Waals surface area contributed by atoms with Crippen LogP contribution >= 0.6 is 15.9 Å². The Labute approximate surface area is 103 Å². The van der Waals surface area contributed by atoms with E-state index >= 15 is 0 Å². The molecule has 1 aromatic heterocycles. The highest BCUT2D eigenvalue weighted by Gasteiger charge is 2.11. The minimum absolute atomic E-state index is 0.264. The number of hydrogen-bond donors (Lipinski definition) is 2. The van der Waals surface area contributed by atoms with E-state index in [1.807, 2.05) is 0 Å². The molecule has 0 amide bonds. The van der Waals surface area contributed by atoms with Gasteiger partial charge in [0.1, 0.15) is 6.54 Å². The summed E-state index contributed by atoms with van der Waals surface area (Å²) in [5.74, 6) is -1.24. The van der Waals surface area contributed by atoms with E-state index in [-0.39, 0.29) is 5.39 Å². The van der Waals surface area contributed by atoms with Gasteiger partial charge in [-0.15, -0.1) is 0 Å². The van der Waals surface area contributed by atoms with Gasteiger partial charge >= 0.3 is 11.7 Å². The highest BCUT2D eigenvalue weighted by atomic mass is 79.9. The van der Waals surface area contributed by atoms with Gasteiger partial charge in [0.15, 0.2) is 0 Å². The van der Waals surface area contributed by atoms with E-state index in [0.29, 0.717) is 14.6 Å². The maximum absolute atomic E-state index is 11.9. The molecule has 0 atom stereocenters. The Morgan fingerprint density at radius 2 is 2.12 bits per heavy atom. The second-order valence-corrected chi connectivity index (χ2v) is 4.23. The molecule has 0 fully saturated rings. The normalized spacial score (nSPS) is 10.6. The van der Waals surface area contributed by atoms with Crippen molar-refractivity contribution in [3.8, 4) is 0 Å². The fraction of sp³-hybridized carbons (Fsp3) is 0.100. The number of aliphatic carboxylic acids is 1. The van der Waals surface area contributed by atoms with Crippen LogP contribution < -0.4 is 11.2 Å². The first-order valence-corrected chi connectivity index (χ1v) is 5.43. The summed E-state index contributed by atoms with van der Waals surface area (Å²) in [4.78, 5) is 36.5. The van der Waals surface area contributed by atoms with E-state index in [9.17, 15) is 14.4 Å². The Bertz CT molecular complexity index is 716. The van der Waals surface area contributed by atoms with Crippen molar-refractivity contribution in [3.63, 3.8) is 0 Å². The number of para-hydroxylation sites is 1. The third-order valence-electron chi connectivity index (χ3n) is 2.26. The zero-order chi connectivity index (χ0) is 12.6. The molecule has 0 radical (unpaired) electrons. The van der Waals surface area contributed by atoms with Crippen LogP contribution in [0, 0.1) is 0 Å². The van der Waals surface area contributed by atoms with E-state index < -0.39 is 23.8 Å². The molecule has 0 unspecified atom stereocenters. The molecule has 0 saturated heterocycles. The van der Waals surface area contributed by atoms with Crippen molar-refractivity contribution in [1.29, 1.82) is 0 Å². The Hall–Kier alpha value is -1.89. The zero-order valence-corrected chi connectivity index (χ0v) is 10.0. The monoisotopic (exact) mass is 298 g/mol. The molecule has 1 heterocycles. The maximum Gasteiger partial charge on any atom is 0.329 e. The summed E-state index contributed by atoms with van der Waals surface area (Å²) in [6.07, 6.45) is 0. The predicted molar refractivity (Wildman–Crippen MR) is 64.2 cm³/mol. The van der Waals surface area contributed by atoms with Gasteiger partial charge in [0.25, 0.3) is 5.56 Å². The number of carboxylic acid groups (broad SMARTS) is 1. The van der Waals surface area contributed by atoms with Gasteiger partial charge in [0.05, 0.1) is 10.9 Å². The molecule has 6 nitrogen and oxygen atoms in total. The van der Waals surface area contributed by atoms with Gasteiger partial charge in [0, 0.05) is 4.47 Å². The minimum Gasteiger partial charge on any atom is -0.480 e. The van der Waals surface area contributed by atoms with Crippen LogP contribution in [0.4, 0.5) is 0 Å². The first-order chi connectivity index (χ1) is 8.00. The van der Waals surface area contributed by atoms with Gasteiger partial charge in [-0.2, -0.15) is 0 Å². The van der Waals surface area contributed by atoms with E-state index in [2.05, 4.69) is 20.9 Å². The van der Waals surface area contributed by atoms with Crippen molar-refractivity contribution in [2.75, 3.05) is 0 Å². The molecule has 7 heteroatoms. The minimum atomic E-state index is -1.24. The van der Waals surface area contributed by atoms with Crippen LogP contribution in [0.25, 0.3) is 10.9 Å². The van der Waals surface area contributed by atoms with E-state index in [1.54, 1.807) is 12.1 Å². The fourth-order valence-corrected chi connectivity index (χ4v) is 1.99. The van der Waals surface area contributed by atoms with Crippen molar-refractivity contribution in [1.82, 2.24) is 9.55 Å². The summed E-state index contributed by atoms with van der Waals surface area (Å²) < 4.78 is 1.23. The number of nitrogens with zero attached hydrogens (tertiary/aromatic N) is 1. The van der Waals surface area contributed by atoms with Crippen molar-refractivity contribution in [2.45, 2.75) is 6.54 Å². The average molecular weight is 299 g/mol. The second-order valence-electron chi connectivity index (χ2n) is 3.38. The Kier molecular flexibility index (Phi) is 2.84. The summed E-state index contributed by atoms with van der Waals surface area (Å²) in [5, 5.41) is 8.88. The summed E-state index contributed by atoms with van der Waals surface area (Å²) in [5.41, 5.74) is -0.992. The number of halogens is 1. The van der Waals surface area contributed by atoms with Gasteiger partial charge in [-0.1, -0.05) is 6.07 Å². The number of aromatic nitrogens is 2. The number of aromatic amines is 1. The van der Waals surface area contributed by atoms with Gasteiger partial charge in [-0.05, 0) is 28.1 Å². The molecule has 2 rings (SSSR count). The van der Waals surface area contributed by atoms with E-state index in [4.69, 9.17) is 5.11 Å². The molecule has 1 aromatic carbocycles. The van der Waals surface area contributed by atoms with Crippen molar-refractivity contribution in [3.05, 3.63) is 43.5 Å². The number of H-pyrrole nitrogens is 1. The molecule has 17 heavy (non-hydrogen) atoms. The number of carbonyl (C=O) groups is 1. The van der Waals surface area contributed by atoms with E-state index in [0.717, 1.165) is 0 Å². The van der Waals surface area contributed by atoms with Crippen LogP contribution in [0.15, 0.2) is 32.3 Å². The third-order valence-corrected chi connectivity index (χ3v) is 2.92. The van der Waals surface area contributed by atoms with Crippen LogP contribution in [0.2, 0.25) is 0 Å². The summed E-state index contributed by atoms with van der Waals surface area (Å²) >= 11 is 3.21.